The maximum Gasteiger partial charge on any atom is 0.108 e. The zero-order valence-electron chi connectivity index (χ0n) is 9.03. The maximum atomic E-state index is 9.08. The molecule has 1 aromatic rings. The average molecular weight is 253 g/mol. The molecule has 1 aromatic heterocycles. The smallest absolute Gasteiger partial charge is 0.108 e. The van der Waals surface area contributed by atoms with Gasteiger partial charge >= 0.3 is 0 Å². The summed E-state index contributed by atoms with van der Waals surface area (Å²) in [6.45, 7) is 5.51. The fourth-order valence-electron chi connectivity index (χ4n) is 1.80. The Hall–Kier alpha value is -0.990. The Kier molecular flexibility index (Phi) is 3.22. The normalized spacial score (nSPS) is 19.0. The van der Waals surface area contributed by atoms with Crippen molar-refractivity contribution in [3.63, 3.8) is 0 Å². The molecule has 0 saturated carbocycles. The predicted octanol–water partition coefficient (Wildman–Crippen LogP) is 4.84. The zero-order chi connectivity index (χ0) is 11.7. The number of thiophene rings is 1. The predicted molar refractivity (Wildman–Crippen MR) is 72.1 cm³/mol. The molecule has 0 saturated heterocycles. The molecule has 2 rings (SSSR count). The molecule has 0 radical (unpaired) electrons. The number of aryl methyl sites for hydroxylation is 1. The second kappa shape index (κ2) is 4.48. The van der Waals surface area contributed by atoms with Gasteiger partial charge in [0, 0.05) is 9.75 Å². The number of aliphatic hydroxyl groups excluding tert-OH is 1. The molecule has 1 aliphatic carbocycles. The van der Waals surface area contributed by atoms with Crippen LogP contribution in [0.1, 0.15) is 32.7 Å². The molecule has 1 unspecified atom stereocenters. The van der Waals surface area contributed by atoms with Crippen LogP contribution in [0.15, 0.2) is 24.5 Å². The summed E-state index contributed by atoms with van der Waals surface area (Å²) in [5.74, 6) is 0.0709. The molecule has 3 heteroatoms. The van der Waals surface area contributed by atoms with E-state index in [2.05, 4.69) is 25.7 Å². The summed E-state index contributed by atoms with van der Waals surface area (Å²) in [5, 5.41) is 9.16. The molecule has 0 aliphatic heterocycles. The molecule has 0 spiro atoms. The van der Waals surface area contributed by atoms with Gasteiger partial charge in [-0.3, -0.25) is 0 Å². The van der Waals surface area contributed by atoms with Crippen molar-refractivity contribution >= 4 is 35.1 Å². The summed E-state index contributed by atoms with van der Waals surface area (Å²) in [6.07, 6.45) is 8.60. The molecule has 1 nitrogen and oxygen atoms in total. The van der Waals surface area contributed by atoms with Crippen LogP contribution in [0.3, 0.4) is 0 Å². The number of halogens is 1. The highest BCUT2D eigenvalue weighted by Gasteiger charge is 2.20. The molecule has 0 fully saturated rings. The summed E-state index contributed by atoms with van der Waals surface area (Å²) in [5.41, 5.74) is 2.32. The van der Waals surface area contributed by atoms with Gasteiger partial charge in [-0.15, -0.1) is 22.9 Å². The van der Waals surface area contributed by atoms with Gasteiger partial charge in [-0.2, -0.15) is 0 Å². The van der Waals surface area contributed by atoms with Gasteiger partial charge in [-0.25, -0.2) is 0 Å². The molecule has 1 atom stereocenters. The van der Waals surface area contributed by atoms with Crippen LogP contribution in [0.2, 0.25) is 0 Å². The summed E-state index contributed by atoms with van der Waals surface area (Å²) in [4.78, 5) is 2.45. The number of rotatable bonds is 2. The second-order valence-corrected chi connectivity index (χ2v) is 5.56. The lowest BCUT2D eigenvalue weighted by atomic mass is 10.0. The molecule has 0 aromatic carbocycles. The number of hydrogen-bond acceptors (Lipinski definition) is 2. The van der Waals surface area contributed by atoms with Crippen molar-refractivity contribution in [2.24, 2.45) is 0 Å². The Labute approximate surface area is 104 Å². The van der Waals surface area contributed by atoms with E-state index >= 15 is 0 Å². The van der Waals surface area contributed by atoms with E-state index in [1.54, 1.807) is 17.4 Å². The highest BCUT2D eigenvalue weighted by molar-refractivity contribution is 7.12. The van der Waals surface area contributed by atoms with Gasteiger partial charge in [0.1, 0.15) is 5.76 Å². The first kappa shape index (κ1) is 11.5. The van der Waals surface area contributed by atoms with Gasteiger partial charge in [-0.05, 0) is 36.6 Å². The van der Waals surface area contributed by atoms with Crippen LogP contribution in [0.5, 0.6) is 0 Å². The van der Waals surface area contributed by atoms with Gasteiger partial charge < -0.3 is 5.11 Å². The van der Waals surface area contributed by atoms with Crippen molar-refractivity contribution in [3.8, 4) is 0 Å². The van der Waals surface area contributed by atoms with E-state index in [9.17, 15) is 0 Å². The van der Waals surface area contributed by atoms with Crippen LogP contribution < -0.4 is 0 Å². The molecule has 1 aliphatic rings. The lowest BCUT2D eigenvalue weighted by Crippen LogP contribution is -1.93. The minimum atomic E-state index is 0.0709. The van der Waals surface area contributed by atoms with E-state index in [-0.39, 0.29) is 11.1 Å². The lowest BCUT2D eigenvalue weighted by Gasteiger charge is -2.11. The monoisotopic (exact) mass is 252 g/mol. The number of alkyl halides is 1. The van der Waals surface area contributed by atoms with E-state index in [0.717, 1.165) is 12.0 Å². The Morgan fingerprint density at radius 3 is 3.12 bits per heavy atom. The van der Waals surface area contributed by atoms with Crippen molar-refractivity contribution < 1.29 is 5.11 Å². The average Bonchev–Trinajstić information content (AvgIpc) is 2.53. The minimum Gasteiger partial charge on any atom is -0.509 e. The van der Waals surface area contributed by atoms with Crippen molar-refractivity contribution in [1.82, 2.24) is 0 Å². The summed E-state index contributed by atoms with van der Waals surface area (Å²) in [7, 11) is 0. The Bertz CT molecular complexity index is 482. The molecular weight excluding hydrogens is 240 g/mol. The first-order valence-electron chi connectivity index (χ1n) is 5.09. The van der Waals surface area contributed by atoms with Gasteiger partial charge in [0.2, 0.25) is 0 Å². The summed E-state index contributed by atoms with van der Waals surface area (Å²) < 4.78 is 0. The van der Waals surface area contributed by atoms with Gasteiger partial charge in [0.25, 0.3) is 0 Å². The number of aliphatic hydroxyl groups is 1. The van der Waals surface area contributed by atoms with Crippen LogP contribution in [0, 0.1) is 6.92 Å². The first-order chi connectivity index (χ1) is 7.59. The van der Waals surface area contributed by atoms with Crippen molar-refractivity contribution in [1.29, 1.82) is 0 Å². The SMILES string of the molecule is C=C(O)/C=C\c1c(C)sc2c1C=CCC2Cl. The van der Waals surface area contributed by atoms with Crippen molar-refractivity contribution in [3.05, 3.63) is 45.4 Å². The molecule has 16 heavy (non-hydrogen) atoms. The Morgan fingerprint density at radius 1 is 1.69 bits per heavy atom. The standard InChI is InChI=1S/C13H13ClOS/c1-8(15)6-7-10-9(2)16-13-11(10)4-3-5-12(13)14/h3-4,6-7,12,15H,1,5H2,2H3/b7-6-. The van der Waals surface area contributed by atoms with E-state index in [0.29, 0.717) is 0 Å². The number of hydrogen-bond donors (Lipinski definition) is 1. The van der Waals surface area contributed by atoms with Crippen LogP contribution in [0.25, 0.3) is 12.2 Å². The summed E-state index contributed by atoms with van der Waals surface area (Å²) >= 11 is 7.99. The molecule has 1 N–H and O–H groups in total. The Balaban J connectivity index is 2.47. The van der Waals surface area contributed by atoms with Crippen LogP contribution in [-0.4, -0.2) is 5.11 Å². The lowest BCUT2D eigenvalue weighted by molar-refractivity contribution is 0.436. The number of allylic oxidation sites excluding steroid dienone is 2. The van der Waals surface area contributed by atoms with Gasteiger partial charge in [-0.1, -0.05) is 18.7 Å². The summed E-state index contributed by atoms with van der Waals surface area (Å²) in [6, 6.07) is 0. The second-order valence-electron chi connectivity index (χ2n) is 3.78. The van der Waals surface area contributed by atoms with E-state index in [1.807, 2.05) is 6.08 Å². The molecule has 84 valence electrons. The topological polar surface area (TPSA) is 20.2 Å². The maximum absolute atomic E-state index is 9.08. The number of fused-ring (bicyclic) bond motifs is 1. The van der Waals surface area contributed by atoms with Crippen LogP contribution in [0.4, 0.5) is 0 Å². The molecule has 0 amide bonds. The molecular formula is C13H13ClOS. The third kappa shape index (κ3) is 2.08. The van der Waals surface area contributed by atoms with Crippen LogP contribution >= 0.6 is 22.9 Å². The highest BCUT2D eigenvalue weighted by atomic mass is 35.5. The Morgan fingerprint density at radius 2 is 2.44 bits per heavy atom. The van der Waals surface area contributed by atoms with Crippen LogP contribution in [-0.2, 0) is 0 Å². The van der Waals surface area contributed by atoms with E-state index < -0.39 is 0 Å². The quantitative estimate of drug-likeness (QED) is 0.454. The first-order valence-corrected chi connectivity index (χ1v) is 6.34. The van der Waals surface area contributed by atoms with Gasteiger partial charge in [0.05, 0.1) is 5.38 Å². The zero-order valence-corrected chi connectivity index (χ0v) is 10.6. The molecule has 0 bridgehead atoms. The third-order valence-corrected chi connectivity index (χ3v) is 4.33. The third-order valence-electron chi connectivity index (χ3n) is 2.55. The van der Waals surface area contributed by atoms with E-state index in [4.69, 9.17) is 16.7 Å². The fraction of sp³-hybridized carbons (Fsp3) is 0.231. The van der Waals surface area contributed by atoms with Gasteiger partial charge in [0.15, 0.2) is 0 Å². The highest BCUT2D eigenvalue weighted by Crippen LogP contribution is 2.41. The fourth-order valence-corrected chi connectivity index (χ4v) is 3.28. The minimum absolute atomic E-state index is 0.0709. The molecule has 1 heterocycles. The largest absolute Gasteiger partial charge is 0.509 e. The van der Waals surface area contributed by atoms with Crippen molar-refractivity contribution in [2.45, 2.75) is 18.7 Å². The van der Waals surface area contributed by atoms with Crippen molar-refractivity contribution in [2.75, 3.05) is 0 Å². The van der Waals surface area contributed by atoms with E-state index in [1.165, 1.54) is 15.3 Å².